The Morgan fingerprint density at radius 2 is 2.00 bits per heavy atom. The average Bonchev–Trinajstić information content (AvgIpc) is 3.33. The van der Waals surface area contributed by atoms with Crippen LogP contribution in [0.4, 0.5) is 11.4 Å². The molecule has 0 radical (unpaired) electrons. The van der Waals surface area contributed by atoms with Gasteiger partial charge >= 0.3 is 0 Å². The van der Waals surface area contributed by atoms with Crippen molar-refractivity contribution in [2.24, 2.45) is 5.92 Å². The van der Waals surface area contributed by atoms with Crippen molar-refractivity contribution in [3.8, 4) is 11.5 Å². The summed E-state index contributed by atoms with van der Waals surface area (Å²) < 4.78 is 22.7. The summed E-state index contributed by atoms with van der Waals surface area (Å²) >= 11 is 0. The van der Waals surface area contributed by atoms with Gasteiger partial charge in [0.25, 0.3) is 0 Å². The van der Waals surface area contributed by atoms with Gasteiger partial charge in [0.2, 0.25) is 5.91 Å². The Morgan fingerprint density at radius 1 is 1.12 bits per heavy atom. The van der Waals surface area contributed by atoms with Crippen molar-refractivity contribution in [3.05, 3.63) is 42.2 Å². The number of benzene rings is 1. The number of carbonyl (C=O) groups is 1. The predicted molar refractivity (Wildman–Crippen MR) is 123 cm³/mol. The van der Waals surface area contributed by atoms with E-state index in [2.05, 4.69) is 16.0 Å². The van der Waals surface area contributed by atoms with E-state index in [9.17, 15) is 4.79 Å². The van der Waals surface area contributed by atoms with E-state index in [1.165, 1.54) is 0 Å². The molecule has 1 aromatic carbocycles. The summed E-state index contributed by atoms with van der Waals surface area (Å²) in [4.78, 5) is 21.5. The van der Waals surface area contributed by atoms with Gasteiger partial charge in [0, 0.05) is 45.3 Å². The molecule has 3 aliphatic rings. The highest BCUT2D eigenvalue weighted by Gasteiger charge is 2.33. The Labute approximate surface area is 194 Å². The highest BCUT2D eigenvalue weighted by molar-refractivity contribution is 5.79. The van der Waals surface area contributed by atoms with E-state index in [-0.39, 0.29) is 17.9 Å². The van der Waals surface area contributed by atoms with Crippen molar-refractivity contribution in [2.45, 2.75) is 32.0 Å². The number of carbonyl (C=O) groups excluding carboxylic acids is 1. The van der Waals surface area contributed by atoms with Crippen molar-refractivity contribution >= 4 is 17.3 Å². The van der Waals surface area contributed by atoms with E-state index in [4.69, 9.17) is 18.9 Å². The number of anilines is 2. The number of rotatable bonds is 6. The van der Waals surface area contributed by atoms with Crippen LogP contribution in [0.1, 0.15) is 25.0 Å². The van der Waals surface area contributed by atoms with E-state index < -0.39 is 0 Å². The van der Waals surface area contributed by atoms with E-state index in [1.807, 2.05) is 35.4 Å². The van der Waals surface area contributed by atoms with Crippen LogP contribution in [0.2, 0.25) is 0 Å². The van der Waals surface area contributed by atoms with Crippen molar-refractivity contribution in [3.63, 3.8) is 0 Å². The summed E-state index contributed by atoms with van der Waals surface area (Å²) in [5.74, 6) is 1.96. The minimum Gasteiger partial charge on any atom is -0.490 e. The number of fused-ring (bicyclic) bond motifs is 1. The van der Waals surface area contributed by atoms with Gasteiger partial charge in [-0.1, -0.05) is 0 Å². The van der Waals surface area contributed by atoms with Gasteiger partial charge in [-0.15, -0.1) is 0 Å². The highest BCUT2D eigenvalue weighted by Crippen LogP contribution is 2.39. The lowest BCUT2D eigenvalue weighted by Crippen LogP contribution is -2.38. The van der Waals surface area contributed by atoms with Gasteiger partial charge in [0.1, 0.15) is 24.2 Å². The molecule has 176 valence electrons. The van der Waals surface area contributed by atoms with Crippen LogP contribution in [0.15, 0.2) is 36.5 Å². The van der Waals surface area contributed by atoms with Crippen LogP contribution in [0.25, 0.3) is 0 Å². The maximum Gasteiger partial charge on any atom is 0.225 e. The number of hydrogen-bond donors (Lipinski definition) is 0. The summed E-state index contributed by atoms with van der Waals surface area (Å²) in [6, 6.07) is 9.98. The first-order valence-corrected chi connectivity index (χ1v) is 11.7. The Balaban J connectivity index is 1.26. The van der Waals surface area contributed by atoms with Gasteiger partial charge < -0.3 is 28.7 Å². The third-order valence-corrected chi connectivity index (χ3v) is 6.54. The number of pyridine rings is 1. The van der Waals surface area contributed by atoms with Crippen LogP contribution < -0.4 is 14.4 Å². The minimum absolute atomic E-state index is 0.000191. The Hall–Kier alpha value is -2.84. The van der Waals surface area contributed by atoms with E-state index in [1.54, 1.807) is 7.11 Å². The SMILES string of the molecule is COCc1ccc(N2CCOc3ccc(O[C@H]4CCN(C(=O)C5CCOCC5)C4)cc32)cn1. The quantitative estimate of drug-likeness (QED) is 0.665. The number of likely N-dealkylation sites (tertiary alicyclic amines) is 1. The summed E-state index contributed by atoms with van der Waals surface area (Å²) in [6.07, 6.45) is 4.36. The Morgan fingerprint density at radius 3 is 2.79 bits per heavy atom. The minimum atomic E-state index is -0.000191. The molecule has 4 heterocycles. The van der Waals surface area contributed by atoms with E-state index in [0.29, 0.717) is 33.0 Å². The highest BCUT2D eigenvalue weighted by atomic mass is 16.5. The standard InChI is InChI=1S/C25H31N3O5/c1-30-17-19-2-3-20(15-26-19)28-10-13-32-24-5-4-21(14-23(24)28)33-22-6-9-27(16-22)25(29)18-7-11-31-12-8-18/h2-5,14-15,18,22H,6-13,16-17H2,1H3/t22-/m0/s1. The monoisotopic (exact) mass is 453 g/mol. The summed E-state index contributed by atoms with van der Waals surface area (Å²) in [5.41, 5.74) is 2.87. The van der Waals surface area contributed by atoms with Crippen molar-refractivity contribution < 1.29 is 23.7 Å². The molecule has 5 rings (SSSR count). The molecule has 0 aliphatic carbocycles. The van der Waals surface area contributed by atoms with E-state index >= 15 is 0 Å². The second kappa shape index (κ2) is 9.97. The number of nitrogens with zero attached hydrogens (tertiary/aromatic N) is 3. The predicted octanol–water partition coefficient (Wildman–Crippen LogP) is 3.16. The number of hydrogen-bond acceptors (Lipinski definition) is 7. The molecule has 0 spiro atoms. The largest absolute Gasteiger partial charge is 0.490 e. The van der Waals surface area contributed by atoms with Gasteiger partial charge in [0.05, 0.1) is 43.0 Å². The Kier molecular flexibility index (Phi) is 6.64. The molecule has 0 N–H and O–H groups in total. The first-order valence-electron chi connectivity index (χ1n) is 11.7. The molecule has 3 aliphatic heterocycles. The van der Waals surface area contributed by atoms with Crippen LogP contribution >= 0.6 is 0 Å². The van der Waals surface area contributed by atoms with Crippen LogP contribution in [0, 0.1) is 5.92 Å². The summed E-state index contributed by atoms with van der Waals surface area (Å²) in [7, 11) is 1.67. The number of methoxy groups -OCH3 is 1. The fourth-order valence-electron chi connectivity index (χ4n) is 4.77. The first-order chi connectivity index (χ1) is 16.2. The van der Waals surface area contributed by atoms with Crippen LogP contribution in [-0.2, 0) is 20.9 Å². The molecule has 1 atom stereocenters. The maximum atomic E-state index is 12.8. The molecule has 1 aromatic heterocycles. The third kappa shape index (κ3) is 4.91. The Bertz CT molecular complexity index is 961. The van der Waals surface area contributed by atoms with E-state index in [0.717, 1.165) is 60.9 Å². The fraction of sp³-hybridized carbons (Fsp3) is 0.520. The lowest BCUT2D eigenvalue weighted by Gasteiger charge is -2.31. The molecule has 0 bridgehead atoms. The lowest BCUT2D eigenvalue weighted by molar-refractivity contribution is -0.137. The van der Waals surface area contributed by atoms with Crippen LogP contribution in [0.3, 0.4) is 0 Å². The number of ether oxygens (including phenoxy) is 4. The van der Waals surface area contributed by atoms with Crippen LogP contribution in [0.5, 0.6) is 11.5 Å². The zero-order valence-corrected chi connectivity index (χ0v) is 19.1. The molecule has 1 amide bonds. The molecular weight excluding hydrogens is 422 g/mol. The lowest BCUT2D eigenvalue weighted by atomic mass is 9.99. The topological polar surface area (TPSA) is 73.4 Å². The first kappa shape index (κ1) is 22.0. The number of amides is 1. The van der Waals surface area contributed by atoms with Crippen molar-refractivity contribution in [2.75, 3.05) is 51.5 Å². The molecular formula is C25H31N3O5. The summed E-state index contributed by atoms with van der Waals surface area (Å²) in [6.45, 7) is 4.59. The molecule has 0 saturated carbocycles. The van der Waals surface area contributed by atoms with Gasteiger partial charge in [0.15, 0.2) is 0 Å². The summed E-state index contributed by atoms with van der Waals surface area (Å²) in [5, 5.41) is 0. The van der Waals surface area contributed by atoms with Crippen LogP contribution in [-0.4, -0.2) is 68.5 Å². The molecule has 33 heavy (non-hydrogen) atoms. The second-order valence-electron chi connectivity index (χ2n) is 8.77. The van der Waals surface area contributed by atoms with Gasteiger partial charge in [-0.2, -0.15) is 0 Å². The van der Waals surface area contributed by atoms with Gasteiger partial charge in [-0.05, 0) is 37.1 Å². The molecule has 8 heteroatoms. The van der Waals surface area contributed by atoms with Gasteiger partial charge in [-0.3, -0.25) is 9.78 Å². The van der Waals surface area contributed by atoms with Crippen molar-refractivity contribution in [1.29, 1.82) is 0 Å². The number of aromatic nitrogens is 1. The molecule has 2 aromatic rings. The molecule has 2 fully saturated rings. The van der Waals surface area contributed by atoms with Gasteiger partial charge in [-0.25, -0.2) is 0 Å². The third-order valence-electron chi connectivity index (χ3n) is 6.54. The molecule has 8 nitrogen and oxygen atoms in total. The molecule has 0 unspecified atom stereocenters. The fourth-order valence-corrected chi connectivity index (χ4v) is 4.77. The molecule has 2 saturated heterocycles. The zero-order chi connectivity index (χ0) is 22.6. The zero-order valence-electron chi connectivity index (χ0n) is 19.1. The van der Waals surface area contributed by atoms with Crippen molar-refractivity contribution in [1.82, 2.24) is 9.88 Å². The average molecular weight is 454 g/mol. The maximum absolute atomic E-state index is 12.8. The second-order valence-corrected chi connectivity index (χ2v) is 8.77. The smallest absolute Gasteiger partial charge is 0.225 e. The normalized spacial score (nSPS) is 20.9.